The Labute approximate surface area is 111 Å². The molecule has 0 radical (unpaired) electrons. The van der Waals surface area contributed by atoms with Crippen molar-refractivity contribution in [1.82, 2.24) is 24.7 Å². The molecule has 0 amide bonds. The van der Waals surface area contributed by atoms with E-state index in [0.29, 0.717) is 22.6 Å². The summed E-state index contributed by atoms with van der Waals surface area (Å²) in [6.07, 6.45) is 1.48. The second-order valence-electron chi connectivity index (χ2n) is 3.37. The molecule has 0 fully saturated rings. The number of H-pyrrole nitrogens is 1. The summed E-state index contributed by atoms with van der Waals surface area (Å²) in [6, 6.07) is 1.51. The first-order valence-electron chi connectivity index (χ1n) is 5.29. The fourth-order valence-corrected chi connectivity index (χ4v) is 2.16. The van der Waals surface area contributed by atoms with E-state index in [-0.39, 0.29) is 11.5 Å². The lowest BCUT2D eigenvalue weighted by atomic mass is 10.4. The van der Waals surface area contributed by atoms with Crippen molar-refractivity contribution in [2.45, 2.75) is 23.8 Å². The molecule has 0 aliphatic carbocycles. The van der Waals surface area contributed by atoms with E-state index in [0.717, 1.165) is 11.8 Å². The Balaban J connectivity index is 2.31. The van der Waals surface area contributed by atoms with Crippen LogP contribution in [0.1, 0.15) is 12.6 Å². The molecule has 2 rings (SSSR count). The van der Waals surface area contributed by atoms with E-state index in [2.05, 4.69) is 25.3 Å². The number of oxime groups is 1. The predicted octanol–water partition coefficient (Wildman–Crippen LogP) is -0.373. The van der Waals surface area contributed by atoms with E-state index in [1.807, 2.05) is 6.92 Å². The van der Waals surface area contributed by atoms with Crippen LogP contribution in [0.3, 0.4) is 0 Å². The average molecular weight is 281 g/mol. The molecule has 0 bridgehead atoms. The molecule has 100 valence electrons. The molecule has 2 aromatic heterocycles. The molecule has 10 heteroatoms. The second-order valence-corrected chi connectivity index (χ2v) is 4.30. The smallest absolute Gasteiger partial charge is 0.343 e. The summed E-state index contributed by atoms with van der Waals surface area (Å²) in [5, 5.41) is 18.5. The van der Waals surface area contributed by atoms with E-state index >= 15 is 0 Å². The van der Waals surface area contributed by atoms with E-state index in [4.69, 9.17) is 10.9 Å². The lowest BCUT2D eigenvalue weighted by Gasteiger charge is -2.02. The van der Waals surface area contributed by atoms with Crippen LogP contribution in [0.5, 0.6) is 0 Å². The lowest BCUT2D eigenvalue weighted by Crippen LogP contribution is -2.16. The minimum atomic E-state index is -0.294. The number of hydrogen-bond donors (Lipinski definition) is 3. The number of aromatic nitrogens is 5. The number of nitrogens with zero attached hydrogens (tertiary/aromatic N) is 5. The Morgan fingerprint density at radius 2 is 2.47 bits per heavy atom. The van der Waals surface area contributed by atoms with Crippen molar-refractivity contribution in [3.05, 3.63) is 28.4 Å². The van der Waals surface area contributed by atoms with Crippen molar-refractivity contribution in [2.24, 2.45) is 10.9 Å². The summed E-state index contributed by atoms with van der Waals surface area (Å²) in [5.41, 5.74) is 5.44. The molecule has 2 aromatic rings. The van der Waals surface area contributed by atoms with Gasteiger partial charge in [-0.25, -0.2) is 19.9 Å². The van der Waals surface area contributed by atoms with Crippen molar-refractivity contribution in [3.63, 3.8) is 0 Å². The van der Waals surface area contributed by atoms with Crippen LogP contribution in [-0.4, -0.2) is 35.8 Å². The van der Waals surface area contributed by atoms with Gasteiger partial charge in [0.1, 0.15) is 5.69 Å². The summed E-state index contributed by atoms with van der Waals surface area (Å²) < 4.78 is 1.45. The molecule has 0 spiro atoms. The third-order valence-corrected chi connectivity index (χ3v) is 3.10. The number of aromatic amines is 1. The number of rotatable bonds is 4. The summed E-state index contributed by atoms with van der Waals surface area (Å²) in [5.74, 6) is -0.112. The van der Waals surface area contributed by atoms with Gasteiger partial charge in [-0.2, -0.15) is 0 Å². The van der Waals surface area contributed by atoms with E-state index in [9.17, 15) is 4.79 Å². The minimum Gasteiger partial charge on any atom is -0.409 e. The maximum atomic E-state index is 11.4. The zero-order valence-corrected chi connectivity index (χ0v) is 10.8. The number of hydrogen-bond acceptors (Lipinski definition) is 7. The molecular formula is C9H11N7O2S. The van der Waals surface area contributed by atoms with Crippen molar-refractivity contribution in [2.75, 3.05) is 0 Å². The fraction of sp³-hybridized carbons (Fsp3) is 0.222. The van der Waals surface area contributed by atoms with Crippen LogP contribution < -0.4 is 11.4 Å². The largest absolute Gasteiger partial charge is 0.409 e. The van der Waals surface area contributed by atoms with E-state index in [1.165, 1.54) is 16.8 Å². The monoisotopic (exact) mass is 281 g/mol. The predicted molar refractivity (Wildman–Crippen MR) is 67.2 cm³/mol. The lowest BCUT2D eigenvalue weighted by molar-refractivity contribution is 0.318. The van der Waals surface area contributed by atoms with Gasteiger partial charge < -0.3 is 10.9 Å². The summed E-state index contributed by atoms with van der Waals surface area (Å²) in [7, 11) is 0. The maximum Gasteiger partial charge on any atom is 0.343 e. The first-order chi connectivity index (χ1) is 9.15. The summed E-state index contributed by atoms with van der Waals surface area (Å²) in [6.45, 7) is 2.31. The Morgan fingerprint density at radius 3 is 3.16 bits per heavy atom. The van der Waals surface area contributed by atoms with Gasteiger partial charge in [0.25, 0.3) is 0 Å². The highest BCUT2D eigenvalue weighted by atomic mass is 32.2. The van der Waals surface area contributed by atoms with Gasteiger partial charge in [0.2, 0.25) is 0 Å². The standard InChI is InChI=1S/C9H11N7O2S/c1-2-16-8(17)13-14-9(16)19-7-11-4-3-5(12-7)6(10)15-18/h3-4,18H,2H2,1H3,(H2,10,15)(H,13,17). The highest BCUT2D eigenvalue weighted by molar-refractivity contribution is 7.99. The highest BCUT2D eigenvalue weighted by Gasteiger charge is 2.11. The zero-order valence-electron chi connectivity index (χ0n) is 9.94. The van der Waals surface area contributed by atoms with Crippen molar-refractivity contribution in [1.29, 1.82) is 0 Å². The van der Waals surface area contributed by atoms with Gasteiger partial charge in [0.15, 0.2) is 16.1 Å². The van der Waals surface area contributed by atoms with Crippen molar-refractivity contribution >= 4 is 17.6 Å². The van der Waals surface area contributed by atoms with Gasteiger partial charge >= 0.3 is 5.69 Å². The van der Waals surface area contributed by atoms with E-state index < -0.39 is 0 Å². The van der Waals surface area contributed by atoms with Crippen molar-refractivity contribution in [3.8, 4) is 0 Å². The Hall–Kier alpha value is -2.36. The van der Waals surface area contributed by atoms with Gasteiger partial charge in [-0.05, 0) is 24.8 Å². The molecule has 0 aromatic carbocycles. The molecule has 19 heavy (non-hydrogen) atoms. The topological polar surface area (TPSA) is 135 Å². The first kappa shape index (κ1) is 13.1. The molecule has 9 nitrogen and oxygen atoms in total. The Kier molecular flexibility index (Phi) is 3.80. The average Bonchev–Trinajstić information content (AvgIpc) is 2.78. The maximum absolute atomic E-state index is 11.4. The number of nitrogens with two attached hydrogens (primary N) is 1. The first-order valence-corrected chi connectivity index (χ1v) is 6.11. The zero-order chi connectivity index (χ0) is 13.8. The number of amidine groups is 1. The van der Waals surface area contributed by atoms with Gasteiger partial charge in [0, 0.05) is 12.7 Å². The van der Waals surface area contributed by atoms with Gasteiger partial charge in [-0.15, -0.1) is 5.10 Å². The van der Waals surface area contributed by atoms with Crippen LogP contribution in [0.4, 0.5) is 0 Å². The van der Waals surface area contributed by atoms with Gasteiger partial charge in [-0.1, -0.05) is 5.16 Å². The Morgan fingerprint density at radius 1 is 1.68 bits per heavy atom. The number of nitrogens with one attached hydrogen (secondary N) is 1. The van der Waals surface area contributed by atoms with Crippen LogP contribution in [0.2, 0.25) is 0 Å². The Bertz CT molecular complexity index is 663. The highest BCUT2D eigenvalue weighted by Crippen LogP contribution is 2.20. The van der Waals surface area contributed by atoms with Gasteiger partial charge in [0.05, 0.1) is 0 Å². The van der Waals surface area contributed by atoms with Crippen LogP contribution in [-0.2, 0) is 6.54 Å². The third kappa shape index (κ3) is 2.73. The minimum absolute atomic E-state index is 0.112. The molecular weight excluding hydrogens is 270 g/mol. The molecule has 0 saturated heterocycles. The van der Waals surface area contributed by atoms with Crippen LogP contribution in [0.15, 0.2) is 32.5 Å². The van der Waals surface area contributed by atoms with Crippen LogP contribution in [0, 0.1) is 0 Å². The fourth-order valence-electron chi connectivity index (χ4n) is 1.33. The molecule has 0 unspecified atom stereocenters. The molecule has 0 aliphatic rings. The third-order valence-electron chi connectivity index (χ3n) is 2.23. The van der Waals surface area contributed by atoms with E-state index in [1.54, 1.807) is 0 Å². The quantitative estimate of drug-likeness (QED) is 0.229. The molecule has 4 N–H and O–H groups in total. The van der Waals surface area contributed by atoms with Gasteiger partial charge in [-0.3, -0.25) is 4.57 Å². The molecule has 0 saturated carbocycles. The molecule has 2 heterocycles. The normalized spacial score (nSPS) is 11.7. The van der Waals surface area contributed by atoms with Crippen LogP contribution >= 0.6 is 11.8 Å². The summed E-state index contributed by atoms with van der Waals surface area (Å²) >= 11 is 1.11. The summed E-state index contributed by atoms with van der Waals surface area (Å²) in [4.78, 5) is 19.5. The second kappa shape index (κ2) is 5.52. The van der Waals surface area contributed by atoms with Crippen LogP contribution in [0.25, 0.3) is 0 Å². The van der Waals surface area contributed by atoms with Crippen molar-refractivity contribution < 1.29 is 5.21 Å². The molecule has 0 aliphatic heterocycles. The SMILES string of the molecule is CCn1c(Sc2nccc(/C(N)=N/O)n2)n[nH]c1=O. The molecule has 0 atom stereocenters.